The highest BCUT2D eigenvalue weighted by Gasteiger charge is 2.53. The van der Waals surface area contributed by atoms with Crippen LogP contribution in [0.5, 0.6) is 0 Å². The van der Waals surface area contributed by atoms with Crippen molar-refractivity contribution in [1.29, 1.82) is 0 Å². The van der Waals surface area contributed by atoms with Crippen LogP contribution in [0.3, 0.4) is 0 Å². The Kier molecular flexibility index (Phi) is 2.61. The third-order valence-electron chi connectivity index (χ3n) is 3.67. The van der Waals surface area contributed by atoms with Gasteiger partial charge >= 0.3 is 0 Å². The van der Waals surface area contributed by atoms with E-state index < -0.39 is 7.92 Å². The van der Waals surface area contributed by atoms with Crippen molar-refractivity contribution in [2.45, 2.75) is 39.1 Å². The minimum atomic E-state index is -0.573. The van der Waals surface area contributed by atoms with E-state index in [9.17, 15) is 4.79 Å². The zero-order valence-electron chi connectivity index (χ0n) is 10.5. The lowest BCUT2D eigenvalue weighted by atomic mass is 10.0. The van der Waals surface area contributed by atoms with Gasteiger partial charge in [-0.2, -0.15) is 0 Å². The maximum absolute atomic E-state index is 12.6. The fourth-order valence-electron chi connectivity index (χ4n) is 2.89. The second-order valence-electron chi connectivity index (χ2n) is 5.13. The molecule has 90 valence electrons. The zero-order chi connectivity index (χ0) is 12.2. The minimum Gasteiger partial charge on any atom is -0.364 e. The van der Waals surface area contributed by atoms with E-state index in [1.807, 2.05) is 13.8 Å². The summed E-state index contributed by atoms with van der Waals surface area (Å²) in [6.45, 7) is 6.17. The molecule has 2 nitrogen and oxygen atoms in total. The lowest BCUT2D eigenvalue weighted by Gasteiger charge is -2.15. The van der Waals surface area contributed by atoms with Gasteiger partial charge in [0.1, 0.15) is 5.85 Å². The van der Waals surface area contributed by atoms with Crippen LogP contribution >= 0.6 is 7.92 Å². The molecule has 0 N–H and O–H groups in total. The highest BCUT2D eigenvalue weighted by atomic mass is 31.1. The molecule has 3 unspecified atom stereocenters. The molecule has 0 spiro atoms. The lowest BCUT2D eigenvalue weighted by Crippen LogP contribution is -2.06. The number of carbonyl (C=O) groups excluding carboxylic acids is 1. The van der Waals surface area contributed by atoms with Crippen molar-refractivity contribution >= 4 is 13.4 Å². The molecular weight excluding hydrogens is 231 g/mol. The van der Waals surface area contributed by atoms with Crippen molar-refractivity contribution in [3.05, 3.63) is 34.4 Å². The molecule has 0 saturated carbocycles. The van der Waals surface area contributed by atoms with Crippen LogP contribution in [0.4, 0.5) is 0 Å². The maximum atomic E-state index is 12.6. The number of fused-ring (bicyclic) bond motifs is 1. The third kappa shape index (κ3) is 1.84. The number of ether oxygens (including phenoxy) is 1. The quantitative estimate of drug-likeness (QED) is 0.593. The smallest absolute Gasteiger partial charge is 0.187 e. The van der Waals surface area contributed by atoms with Gasteiger partial charge < -0.3 is 4.74 Å². The third-order valence-corrected chi connectivity index (χ3v) is 6.22. The van der Waals surface area contributed by atoms with Gasteiger partial charge in [0.15, 0.2) is 5.52 Å². The predicted molar refractivity (Wildman–Crippen MR) is 70.0 cm³/mol. The van der Waals surface area contributed by atoms with E-state index >= 15 is 0 Å². The molecule has 0 aromatic heterocycles. The Morgan fingerprint density at radius 1 is 1.29 bits per heavy atom. The van der Waals surface area contributed by atoms with Gasteiger partial charge in [0.25, 0.3) is 0 Å². The first-order chi connectivity index (χ1) is 8.08. The molecule has 2 heterocycles. The summed E-state index contributed by atoms with van der Waals surface area (Å²) in [6.07, 6.45) is 2.57. The number of benzene rings is 1. The Morgan fingerprint density at radius 3 is 2.41 bits per heavy atom. The van der Waals surface area contributed by atoms with Gasteiger partial charge in [0.05, 0.1) is 6.10 Å². The van der Waals surface area contributed by atoms with E-state index in [0.717, 1.165) is 29.3 Å². The van der Waals surface area contributed by atoms with Gasteiger partial charge in [-0.3, -0.25) is 4.79 Å². The largest absolute Gasteiger partial charge is 0.364 e. The lowest BCUT2D eigenvalue weighted by molar-refractivity contribution is 0.108. The number of hydrogen-bond acceptors (Lipinski definition) is 2. The van der Waals surface area contributed by atoms with E-state index in [2.05, 4.69) is 19.1 Å². The van der Waals surface area contributed by atoms with Crippen LogP contribution in [-0.2, 0) is 4.74 Å². The molecule has 2 aliphatic rings. The standard InChI is InChI=1S/C14H17O2P/c1-8-6-9(2)12(10(3)7-8)13(15)17-5-4-11-14(17)16-11/h6-7,11,14H,4-5H2,1-3H3. The molecule has 3 atom stereocenters. The topological polar surface area (TPSA) is 29.6 Å². The molecule has 0 radical (unpaired) electrons. The molecule has 17 heavy (non-hydrogen) atoms. The molecule has 3 heteroatoms. The summed E-state index contributed by atoms with van der Waals surface area (Å²) in [5.74, 6) is 0.289. The van der Waals surface area contributed by atoms with Gasteiger partial charge in [-0.25, -0.2) is 0 Å². The average Bonchev–Trinajstić information content (AvgIpc) is 2.88. The molecule has 2 fully saturated rings. The zero-order valence-corrected chi connectivity index (χ0v) is 11.4. The molecular formula is C14H17O2P. The fraction of sp³-hybridized carbons (Fsp3) is 0.500. The number of epoxide rings is 1. The van der Waals surface area contributed by atoms with Crippen LogP contribution in [0.2, 0.25) is 0 Å². The number of hydrogen-bond donors (Lipinski definition) is 0. The van der Waals surface area contributed by atoms with E-state index in [0.29, 0.717) is 11.6 Å². The van der Waals surface area contributed by atoms with Crippen molar-refractivity contribution in [1.82, 2.24) is 0 Å². The molecule has 3 rings (SSSR count). The van der Waals surface area contributed by atoms with Crippen molar-refractivity contribution in [3.8, 4) is 0 Å². The minimum absolute atomic E-state index is 0.289. The van der Waals surface area contributed by atoms with Gasteiger partial charge in [-0.1, -0.05) is 17.7 Å². The molecule has 2 aliphatic heterocycles. The Balaban J connectivity index is 1.95. The summed E-state index contributed by atoms with van der Waals surface area (Å²) in [4.78, 5) is 12.6. The van der Waals surface area contributed by atoms with Crippen molar-refractivity contribution in [2.24, 2.45) is 0 Å². The van der Waals surface area contributed by atoms with Crippen LogP contribution in [0.15, 0.2) is 12.1 Å². The van der Waals surface area contributed by atoms with Crippen LogP contribution in [0.1, 0.15) is 33.5 Å². The second kappa shape index (κ2) is 3.90. The summed E-state index contributed by atoms with van der Waals surface area (Å²) in [6, 6.07) is 4.22. The molecule has 0 aliphatic carbocycles. The monoisotopic (exact) mass is 248 g/mol. The summed E-state index contributed by atoms with van der Waals surface area (Å²) >= 11 is 0. The molecule has 0 amide bonds. The normalized spacial score (nSPS) is 30.2. The summed E-state index contributed by atoms with van der Waals surface area (Å²) < 4.78 is 5.52. The van der Waals surface area contributed by atoms with Crippen molar-refractivity contribution < 1.29 is 9.53 Å². The first-order valence-electron chi connectivity index (χ1n) is 6.12. The first kappa shape index (κ1) is 11.4. The Hall–Kier alpha value is -0.720. The van der Waals surface area contributed by atoms with Crippen LogP contribution < -0.4 is 0 Å². The van der Waals surface area contributed by atoms with E-state index in [4.69, 9.17) is 4.74 Å². The van der Waals surface area contributed by atoms with Crippen LogP contribution in [-0.4, -0.2) is 23.6 Å². The van der Waals surface area contributed by atoms with Crippen molar-refractivity contribution in [3.63, 3.8) is 0 Å². The first-order valence-corrected chi connectivity index (χ1v) is 7.72. The van der Waals surface area contributed by atoms with E-state index in [1.165, 1.54) is 5.56 Å². The average molecular weight is 248 g/mol. The maximum Gasteiger partial charge on any atom is 0.187 e. The molecule has 1 aromatic rings. The molecule has 2 saturated heterocycles. The molecule has 0 bridgehead atoms. The van der Waals surface area contributed by atoms with Gasteiger partial charge in [-0.15, -0.1) is 0 Å². The summed E-state index contributed by atoms with van der Waals surface area (Å²) in [5.41, 5.74) is 4.80. The number of carbonyl (C=O) groups is 1. The fourth-order valence-corrected chi connectivity index (χ4v) is 5.61. The predicted octanol–water partition coefficient (Wildman–Crippen LogP) is 3.36. The second-order valence-corrected chi connectivity index (χ2v) is 7.43. The number of aryl methyl sites for hydroxylation is 3. The highest BCUT2D eigenvalue weighted by Crippen LogP contribution is 2.62. The van der Waals surface area contributed by atoms with E-state index in [1.54, 1.807) is 0 Å². The summed E-state index contributed by atoms with van der Waals surface area (Å²) in [7, 11) is -0.573. The van der Waals surface area contributed by atoms with E-state index in [-0.39, 0.29) is 5.85 Å². The summed E-state index contributed by atoms with van der Waals surface area (Å²) in [5, 5.41) is 0. The van der Waals surface area contributed by atoms with Crippen LogP contribution in [0.25, 0.3) is 0 Å². The van der Waals surface area contributed by atoms with Gasteiger partial charge in [0, 0.05) is 13.5 Å². The van der Waals surface area contributed by atoms with Crippen LogP contribution in [0, 0.1) is 20.8 Å². The highest BCUT2D eigenvalue weighted by molar-refractivity contribution is 7.76. The Bertz CT molecular complexity index is 472. The van der Waals surface area contributed by atoms with Crippen molar-refractivity contribution in [2.75, 3.05) is 6.16 Å². The molecule has 1 aromatic carbocycles. The SMILES string of the molecule is Cc1cc(C)c(C(=O)P2CCC3OC32)c(C)c1. The van der Waals surface area contributed by atoms with Gasteiger partial charge in [0.2, 0.25) is 0 Å². The number of rotatable bonds is 2. The Morgan fingerprint density at radius 2 is 1.94 bits per heavy atom. The Labute approximate surface area is 103 Å². The van der Waals surface area contributed by atoms with Gasteiger partial charge in [-0.05, 0) is 44.5 Å².